The number of furan rings is 1. The number of nitrogens with zero attached hydrogens (tertiary/aromatic N) is 2. The van der Waals surface area contributed by atoms with Crippen molar-refractivity contribution in [3.8, 4) is 0 Å². The monoisotopic (exact) mass is 265 g/mol. The van der Waals surface area contributed by atoms with E-state index in [1.54, 1.807) is 0 Å². The first-order valence-electron chi connectivity index (χ1n) is 7.26. The Balaban J connectivity index is 1.75. The average Bonchev–Trinajstić information content (AvgIpc) is 2.79. The minimum atomic E-state index is 0.810. The summed E-state index contributed by atoms with van der Waals surface area (Å²) in [6.45, 7) is 5.38. The Bertz CT molecular complexity index is 367. The van der Waals surface area contributed by atoms with Crippen molar-refractivity contribution >= 4 is 0 Å². The van der Waals surface area contributed by atoms with Gasteiger partial charge in [-0.15, -0.1) is 0 Å². The molecule has 1 fully saturated rings. The summed E-state index contributed by atoms with van der Waals surface area (Å²) >= 11 is 0. The van der Waals surface area contributed by atoms with E-state index in [0.717, 1.165) is 30.5 Å². The van der Waals surface area contributed by atoms with Gasteiger partial charge in [-0.25, -0.2) is 0 Å². The molecule has 4 nitrogen and oxygen atoms in total. The van der Waals surface area contributed by atoms with E-state index < -0.39 is 0 Å². The van der Waals surface area contributed by atoms with E-state index in [4.69, 9.17) is 4.42 Å². The van der Waals surface area contributed by atoms with Crippen LogP contribution in [0.3, 0.4) is 0 Å². The van der Waals surface area contributed by atoms with Gasteiger partial charge in [0.05, 0.1) is 13.1 Å². The summed E-state index contributed by atoms with van der Waals surface area (Å²) in [7, 11) is 6.27. The molecule has 1 aliphatic rings. The lowest BCUT2D eigenvalue weighted by Gasteiger charge is -2.32. The van der Waals surface area contributed by atoms with Crippen LogP contribution in [0.5, 0.6) is 0 Å². The molecule has 0 bridgehead atoms. The largest absolute Gasteiger partial charge is 0.463 e. The first-order chi connectivity index (χ1) is 9.17. The molecule has 1 aliphatic heterocycles. The Morgan fingerprint density at radius 1 is 1.26 bits per heavy atom. The lowest BCUT2D eigenvalue weighted by molar-refractivity contribution is 0.148. The Labute approximate surface area is 116 Å². The van der Waals surface area contributed by atoms with Crippen molar-refractivity contribution in [2.75, 3.05) is 40.8 Å². The number of hydrogen-bond donors (Lipinski definition) is 1. The lowest BCUT2D eigenvalue weighted by Crippen LogP contribution is -2.36. The molecule has 108 valence electrons. The zero-order valence-electron chi connectivity index (χ0n) is 12.5. The van der Waals surface area contributed by atoms with Crippen LogP contribution < -0.4 is 5.32 Å². The number of nitrogens with one attached hydrogen (secondary N) is 1. The Morgan fingerprint density at radius 2 is 1.95 bits per heavy atom. The van der Waals surface area contributed by atoms with Crippen LogP contribution in [-0.2, 0) is 13.1 Å². The Hall–Kier alpha value is -0.840. The van der Waals surface area contributed by atoms with Crippen LogP contribution >= 0.6 is 0 Å². The first-order valence-corrected chi connectivity index (χ1v) is 7.26. The Kier molecular flexibility index (Phi) is 5.43. The van der Waals surface area contributed by atoms with Crippen LogP contribution in [-0.4, -0.2) is 50.6 Å². The fourth-order valence-corrected chi connectivity index (χ4v) is 2.84. The van der Waals surface area contributed by atoms with Gasteiger partial charge < -0.3 is 14.6 Å². The molecule has 0 amide bonds. The molecule has 1 N–H and O–H groups in total. The summed E-state index contributed by atoms with van der Waals surface area (Å²) in [5, 5.41) is 3.11. The van der Waals surface area contributed by atoms with E-state index in [1.165, 1.54) is 32.5 Å². The van der Waals surface area contributed by atoms with Crippen molar-refractivity contribution in [3.63, 3.8) is 0 Å². The molecule has 19 heavy (non-hydrogen) atoms. The summed E-state index contributed by atoms with van der Waals surface area (Å²) in [5.74, 6) is 2.99. The number of rotatable bonds is 6. The molecule has 0 aliphatic carbocycles. The number of likely N-dealkylation sites (tertiary alicyclic amines) is 1. The van der Waals surface area contributed by atoms with E-state index in [0.29, 0.717) is 0 Å². The maximum absolute atomic E-state index is 5.81. The highest BCUT2D eigenvalue weighted by Crippen LogP contribution is 2.20. The van der Waals surface area contributed by atoms with Crippen LogP contribution in [0.25, 0.3) is 0 Å². The summed E-state index contributed by atoms with van der Waals surface area (Å²) in [6.07, 6.45) is 2.62. The second-order valence-electron chi connectivity index (χ2n) is 5.88. The van der Waals surface area contributed by atoms with Crippen LogP contribution in [0.4, 0.5) is 0 Å². The van der Waals surface area contributed by atoms with E-state index in [1.807, 2.05) is 7.05 Å². The molecular weight excluding hydrogens is 238 g/mol. The minimum Gasteiger partial charge on any atom is -0.463 e. The first kappa shape index (κ1) is 14.6. The van der Waals surface area contributed by atoms with Gasteiger partial charge in [-0.2, -0.15) is 0 Å². The van der Waals surface area contributed by atoms with Crippen LogP contribution in [0.15, 0.2) is 16.5 Å². The molecular formula is C15H27N3O. The molecule has 2 rings (SSSR count). The van der Waals surface area contributed by atoms with Crippen molar-refractivity contribution in [2.24, 2.45) is 5.92 Å². The summed E-state index contributed by atoms with van der Waals surface area (Å²) < 4.78 is 5.81. The van der Waals surface area contributed by atoms with Crippen molar-refractivity contribution in [1.29, 1.82) is 0 Å². The highest BCUT2D eigenvalue weighted by atomic mass is 16.3. The lowest BCUT2D eigenvalue weighted by atomic mass is 9.96. The highest BCUT2D eigenvalue weighted by Gasteiger charge is 2.20. The smallest absolute Gasteiger partial charge is 0.118 e. The topological polar surface area (TPSA) is 31.6 Å². The van der Waals surface area contributed by atoms with Gasteiger partial charge >= 0.3 is 0 Å². The van der Waals surface area contributed by atoms with Gasteiger partial charge in [-0.1, -0.05) is 0 Å². The molecule has 1 aromatic heterocycles. The standard InChI is InChI=1S/C15H27N3O/c1-16-10-14-4-5-15(19-14)12-18-8-6-13(7-9-18)11-17(2)3/h4-5,13,16H,6-12H2,1-3H3. The zero-order valence-corrected chi connectivity index (χ0v) is 12.5. The van der Waals surface area contributed by atoms with Gasteiger partial charge in [0.25, 0.3) is 0 Å². The van der Waals surface area contributed by atoms with Crippen molar-refractivity contribution in [3.05, 3.63) is 23.7 Å². The fraction of sp³-hybridized carbons (Fsp3) is 0.733. The maximum Gasteiger partial charge on any atom is 0.118 e. The number of hydrogen-bond acceptors (Lipinski definition) is 4. The van der Waals surface area contributed by atoms with E-state index in [-0.39, 0.29) is 0 Å². The Morgan fingerprint density at radius 3 is 2.58 bits per heavy atom. The van der Waals surface area contributed by atoms with Gasteiger partial charge in [-0.05, 0) is 65.1 Å². The third-order valence-corrected chi connectivity index (χ3v) is 3.78. The fourth-order valence-electron chi connectivity index (χ4n) is 2.84. The normalized spacial score (nSPS) is 18.3. The second-order valence-corrected chi connectivity index (χ2v) is 5.88. The van der Waals surface area contributed by atoms with Crippen molar-refractivity contribution in [1.82, 2.24) is 15.1 Å². The zero-order chi connectivity index (χ0) is 13.7. The van der Waals surface area contributed by atoms with E-state index in [2.05, 4.69) is 41.3 Å². The molecule has 1 saturated heterocycles. The summed E-state index contributed by atoms with van der Waals surface area (Å²) in [5.41, 5.74) is 0. The molecule has 0 saturated carbocycles. The van der Waals surface area contributed by atoms with Crippen molar-refractivity contribution < 1.29 is 4.42 Å². The molecule has 0 atom stereocenters. The predicted molar refractivity (Wildman–Crippen MR) is 78.0 cm³/mol. The SMILES string of the molecule is CNCc1ccc(CN2CCC(CN(C)C)CC2)o1. The third-order valence-electron chi connectivity index (χ3n) is 3.78. The predicted octanol–water partition coefficient (Wildman–Crippen LogP) is 1.77. The quantitative estimate of drug-likeness (QED) is 0.849. The molecule has 1 aromatic rings. The van der Waals surface area contributed by atoms with Crippen LogP contribution in [0.2, 0.25) is 0 Å². The molecule has 2 heterocycles. The number of piperidine rings is 1. The van der Waals surface area contributed by atoms with Gasteiger partial charge in [0.15, 0.2) is 0 Å². The molecule has 0 spiro atoms. The van der Waals surface area contributed by atoms with Crippen molar-refractivity contribution in [2.45, 2.75) is 25.9 Å². The molecule has 4 heteroatoms. The third kappa shape index (κ3) is 4.64. The van der Waals surface area contributed by atoms with Gasteiger partial charge in [0.2, 0.25) is 0 Å². The van der Waals surface area contributed by atoms with Crippen LogP contribution in [0, 0.1) is 5.92 Å². The van der Waals surface area contributed by atoms with E-state index >= 15 is 0 Å². The van der Waals surface area contributed by atoms with E-state index in [9.17, 15) is 0 Å². The van der Waals surface area contributed by atoms with Gasteiger partial charge in [0, 0.05) is 6.54 Å². The molecule has 0 radical (unpaired) electrons. The molecule has 0 aromatic carbocycles. The maximum atomic E-state index is 5.81. The second kappa shape index (κ2) is 7.08. The van der Waals surface area contributed by atoms with Crippen LogP contribution in [0.1, 0.15) is 24.4 Å². The minimum absolute atomic E-state index is 0.810. The average molecular weight is 265 g/mol. The summed E-state index contributed by atoms with van der Waals surface area (Å²) in [6, 6.07) is 4.18. The summed E-state index contributed by atoms with van der Waals surface area (Å²) in [4.78, 5) is 4.81. The van der Waals surface area contributed by atoms with Gasteiger partial charge in [0.1, 0.15) is 11.5 Å². The molecule has 0 unspecified atom stereocenters. The van der Waals surface area contributed by atoms with Gasteiger partial charge in [-0.3, -0.25) is 4.90 Å². The highest BCUT2D eigenvalue weighted by molar-refractivity contribution is 5.07.